The molecule has 1 heterocycles. The molecule has 6 nitrogen and oxygen atoms in total. The highest BCUT2D eigenvalue weighted by molar-refractivity contribution is 5.75. The van der Waals surface area contributed by atoms with E-state index in [1.54, 1.807) is 6.92 Å². The van der Waals surface area contributed by atoms with Gasteiger partial charge in [-0.25, -0.2) is 0 Å². The highest BCUT2D eigenvalue weighted by atomic mass is 16.5. The van der Waals surface area contributed by atoms with Gasteiger partial charge in [0.25, 0.3) is 0 Å². The first-order chi connectivity index (χ1) is 6.56. The molecule has 0 aliphatic carbocycles. The smallest absolute Gasteiger partial charge is 0.221 e. The summed E-state index contributed by atoms with van der Waals surface area (Å²) in [6.07, 6.45) is -4.37. The van der Waals surface area contributed by atoms with Crippen LogP contribution in [0.25, 0.3) is 0 Å². The molecule has 0 bridgehead atoms. The third-order valence-electron chi connectivity index (χ3n) is 2.13. The summed E-state index contributed by atoms with van der Waals surface area (Å²) >= 11 is 0. The van der Waals surface area contributed by atoms with Gasteiger partial charge in [0.05, 0.1) is 6.61 Å². The van der Waals surface area contributed by atoms with Crippen molar-refractivity contribution >= 4 is 5.91 Å². The minimum Gasteiger partial charge on any atom is -0.388 e. The van der Waals surface area contributed by atoms with Gasteiger partial charge in [0.1, 0.15) is 18.3 Å². The van der Waals surface area contributed by atoms with Gasteiger partial charge in [-0.1, -0.05) is 6.92 Å². The molecule has 0 aromatic heterocycles. The second-order valence-corrected chi connectivity index (χ2v) is 3.22. The van der Waals surface area contributed by atoms with Crippen LogP contribution in [-0.2, 0) is 9.53 Å². The minimum absolute atomic E-state index is 0.104. The van der Waals surface area contributed by atoms with Crippen molar-refractivity contribution in [2.45, 2.75) is 37.9 Å². The maximum Gasteiger partial charge on any atom is 0.221 e. The Bertz CT molecular complexity index is 210. The topological polar surface area (TPSA) is 99.0 Å². The number of amides is 1. The molecule has 1 unspecified atom stereocenters. The number of aliphatic hydroxyl groups excluding tert-OH is 3. The van der Waals surface area contributed by atoms with Gasteiger partial charge in [-0.2, -0.15) is 0 Å². The van der Waals surface area contributed by atoms with Crippen LogP contribution in [-0.4, -0.2) is 52.4 Å². The number of ether oxygens (including phenoxy) is 1. The van der Waals surface area contributed by atoms with E-state index >= 15 is 0 Å². The average Bonchev–Trinajstić information content (AvgIpc) is 2.19. The Labute approximate surface area is 81.5 Å². The second-order valence-electron chi connectivity index (χ2n) is 3.22. The molecule has 1 rings (SSSR count). The molecule has 0 saturated carbocycles. The predicted molar refractivity (Wildman–Crippen MR) is 46.2 cm³/mol. The SMILES string of the molecule is CCC(=O)NC1OC[C@@H](O)[C@@H](O)[C@@H]1O. The Morgan fingerprint density at radius 3 is 2.64 bits per heavy atom. The Hall–Kier alpha value is -0.690. The van der Waals surface area contributed by atoms with Gasteiger partial charge in [-0.3, -0.25) is 4.79 Å². The number of rotatable bonds is 2. The maximum atomic E-state index is 11.0. The summed E-state index contributed by atoms with van der Waals surface area (Å²) in [6.45, 7) is 1.56. The fourth-order valence-corrected chi connectivity index (χ4v) is 1.19. The van der Waals surface area contributed by atoms with E-state index in [4.69, 9.17) is 9.84 Å². The molecular formula is C8H15NO5. The molecule has 0 aromatic rings. The van der Waals surface area contributed by atoms with Crippen LogP contribution < -0.4 is 5.32 Å². The van der Waals surface area contributed by atoms with E-state index in [9.17, 15) is 15.0 Å². The van der Waals surface area contributed by atoms with Gasteiger partial charge in [0.2, 0.25) is 5.91 Å². The zero-order valence-electron chi connectivity index (χ0n) is 7.88. The third kappa shape index (κ3) is 2.42. The summed E-state index contributed by atoms with van der Waals surface area (Å²) in [7, 11) is 0. The van der Waals surface area contributed by atoms with Crippen LogP contribution in [0.1, 0.15) is 13.3 Å². The van der Waals surface area contributed by atoms with Crippen LogP contribution in [0, 0.1) is 0 Å². The van der Waals surface area contributed by atoms with Crippen molar-refractivity contribution < 1.29 is 24.9 Å². The van der Waals surface area contributed by atoms with Crippen LogP contribution in [0.15, 0.2) is 0 Å². The molecule has 4 N–H and O–H groups in total. The molecule has 0 aromatic carbocycles. The summed E-state index contributed by atoms with van der Waals surface area (Å²) in [5.41, 5.74) is 0. The normalized spacial score (nSPS) is 38.0. The van der Waals surface area contributed by atoms with Crippen molar-refractivity contribution in [2.24, 2.45) is 0 Å². The lowest BCUT2D eigenvalue weighted by Gasteiger charge is -2.35. The van der Waals surface area contributed by atoms with E-state index in [1.165, 1.54) is 0 Å². The fraction of sp³-hybridized carbons (Fsp3) is 0.875. The molecule has 82 valence electrons. The first kappa shape index (κ1) is 11.4. The van der Waals surface area contributed by atoms with Gasteiger partial charge in [0.15, 0.2) is 6.23 Å². The van der Waals surface area contributed by atoms with Gasteiger partial charge in [0, 0.05) is 6.42 Å². The fourth-order valence-electron chi connectivity index (χ4n) is 1.19. The summed E-state index contributed by atoms with van der Waals surface area (Å²) in [4.78, 5) is 11.0. The Morgan fingerprint density at radius 1 is 1.43 bits per heavy atom. The molecule has 0 spiro atoms. The Kier molecular flexibility index (Phi) is 3.82. The van der Waals surface area contributed by atoms with E-state index < -0.39 is 24.5 Å². The summed E-state index contributed by atoms with van der Waals surface area (Å²) in [6, 6.07) is 0. The van der Waals surface area contributed by atoms with Crippen LogP contribution >= 0.6 is 0 Å². The van der Waals surface area contributed by atoms with Gasteiger partial charge in [-0.05, 0) is 0 Å². The molecule has 4 atom stereocenters. The van der Waals surface area contributed by atoms with Crippen molar-refractivity contribution in [3.8, 4) is 0 Å². The summed E-state index contributed by atoms with van der Waals surface area (Å²) in [5.74, 6) is -0.280. The number of nitrogens with one attached hydrogen (secondary N) is 1. The van der Waals surface area contributed by atoms with Crippen LogP contribution in [0.5, 0.6) is 0 Å². The highest BCUT2D eigenvalue weighted by Crippen LogP contribution is 2.13. The lowest BCUT2D eigenvalue weighted by Crippen LogP contribution is -2.58. The van der Waals surface area contributed by atoms with Crippen LogP contribution in [0.4, 0.5) is 0 Å². The number of carbonyl (C=O) groups is 1. The van der Waals surface area contributed by atoms with E-state index in [-0.39, 0.29) is 18.9 Å². The highest BCUT2D eigenvalue weighted by Gasteiger charge is 2.37. The van der Waals surface area contributed by atoms with Gasteiger partial charge < -0.3 is 25.4 Å². The van der Waals surface area contributed by atoms with E-state index in [2.05, 4.69) is 5.32 Å². The number of carbonyl (C=O) groups excluding carboxylic acids is 1. The molecule has 1 aliphatic rings. The second kappa shape index (κ2) is 4.70. The third-order valence-corrected chi connectivity index (χ3v) is 2.13. The molecule has 0 radical (unpaired) electrons. The van der Waals surface area contributed by atoms with Gasteiger partial charge >= 0.3 is 0 Å². The lowest BCUT2D eigenvalue weighted by atomic mass is 10.0. The number of aliphatic hydroxyl groups is 3. The van der Waals surface area contributed by atoms with Crippen molar-refractivity contribution in [3.63, 3.8) is 0 Å². The Balaban J connectivity index is 2.50. The zero-order valence-corrected chi connectivity index (χ0v) is 7.88. The largest absolute Gasteiger partial charge is 0.388 e. The number of hydrogen-bond acceptors (Lipinski definition) is 5. The minimum atomic E-state index is -1.30. The standard InChI is InChI=1S/C8H15NO5/c1-2-5(11)9-8-7(13)6(12)4(10)3-14-8/h4,6-8,10,12-13H,2-3H2,1H3,(H,9,11)/t4-,6-,7+,8?/m1/s1. The molecule has 1 amide bonds. The molecule has 1 saturated heterocycles. The summed E-state index contributed by atoms with van der Waals surface area (Å²) < 4.78 is 4.95. The van der Waals surface area contributed by atoms with E-state index in [0.29, 0.717) is 0 Å². The average molecular weight is 205 g/mol. The summed E-state index contributed by atoms with van der Waals surface area (Å²) in [5, 5.41) is 30.2. The number of hydrogen-bond donors (Lipinski definition) is 4. The van der Waals surface area contributed by atoms with Crippen LogP contribution in [0.3, 0.4) is 0 Å². The first-order valence-electron chi connectivity index (χ1n) is 4.51. The van der Waals surface area contributed by atoms with Crippen molar-refractivity contribution in [1.29, 1.82) is 0 Å². The van der Waals surface area contributed by atoms with Gasteiger partial charge in [-0.15, -0.1) is 0 Å². The Morgan fingerprint density at radius 2 is 2.07 bits per heavy atom. The zero-order chi connectivity index (χ0) is 10.7. The monoisotopic (exact) mass is 205 g/mol. The molecule has 1 aliphatic heterocycles. The molecule has 1 fully saturated rings. The first-order valence-corrected chi connectivity index (χ1v) is 4.51. The van der Waals surface area contributed by atoms with E-state index in [0.717, 1.165) is 0 Å². The van der Waals surface area contributed by atoms with Crippen LogP contribution in [0.2, 0.25) is 0 Å². The quantitative estimate of drug-likeness (QED) is 0.416. The molecular weight excluding hydrogens is 190 g/mol. The van der Waals surface area contributed by atoms with Crippen molar-refractivity contribution in [1.82, 2.24) is 5.32 Å². The van der Waals surface area contributed by atoms with E-state index in [1.807, 2.05) is 0 Å². The maximum absolute atomic E-state index is 11.0. The lowest BCUT2D eigenvalue weighted by molar-refractivity contribution is -0.196. The van der Waals surface area contributed by atoms with Crippen molar-refractivity contribution in [2.75, 3.05) is 6.61 Å². The molecule has 6 heteroatoms. The van der Waals surface area contributed by atoms with Crippen molar-refractivity contribution in [3.05, 3.63) is 0 Å². The molecule has 14 heavy (non-hydrogen) atoms. The predicted octanol–water partition coefficient (Wildman–Crippen LogP) is -2.05.